The number of rotatable bonds is 6. The number of ether oxygens (including phenoxy) is 1. The van der Waals surface area contributed by atoms with Crippen molar-refractivity contribution in [2.75, 3.05) is 12.4 Å². The van der Waals surface area contributed by atoms with Crippen molar-refractivity contribution in [1.82, 2.24) is 9.97 Å². The molecule has 0 aliphatic heterocycles. The number of amides is 1. The second-order valence-corrected chi connectivity index (χ2v) is 8.56. The molecule has 1 aliphatic carbocycles. The number of nitrogens with zero attached hydrogens (tertiary/aromatic N) is 2. The minimum absolute atomic E-state index is 0.134. The van der Waals surface area contributed by atoms with E-state index in [-0.39, 0.29) is 17.9 Å². The zero-order valence-electron chi connectivity index (χ0n) is 19.5. The zero-order chi connectivity index (χ0) is 25.2. The van der Waals surface area contributed by atoms with Crippen molar-refractivity contribution in [3.63, 3.8) is 0 Å². The number of methoxy groups -OCH3 is 1. The van der Waals surface area contributed by atoms with E-state index in [4.69, 9.17) is 14.7 Å². The smallest absolute Gasteiger partial charge is 0.229 e. The number of anilines is 1. The Labute approximate surface area is 206 Å². The van der Waals surface area contributed by atoms with Gasteiger partial charge in [-0.3, -0.25) is 4.79 Å². The van der Waals surface area contributed by atoms with E-state index >= 15 is 0 Å². The highest BCUT2D eigenvalue weighted by atomic mass is 19.2. The van der Waals surface area contributed by atoms with Crippen LogP contribution in [0.15, 0.2) is 66.7 Å². The molecule has 1 amide bonds. The SMILES string of the molecule is COc1ccc2c(c1)CCc1nc(NC(=O)Cc3ccc(F)c(F)c3)c(C(O)c3ccccc3)nc1-2. The van der Waals surface area contributed by atoms with Gasteiger partial charge in [-0.05, 0) is 59.9 Å². The van der Waals surface area contributed by atoms with Gasteiger partial charge in [0, 0.05) is 5.56 Å². The Morgan fingerprint density at radius 3 is 2.58 bits per heavy atom. The van der Waals surface area contributed by atoms with Gasteiger partial charge in [0.15, 0.2) is 17.5 Å². The quantitative estimate of drug-likeness (QED) is 0.409. The summed E-state index contributed by atoms with van der Waals surface area (Å²) in [6.07, 6.45) is -0.0292. The third-order valence-electron chi connectivity index (χ3n) is 6.17. The van der Waals surface area contributed by atoms with Crippen LogP contribution in [0.25, 0.3) is 11.3 Å². The summed E-state index contributed by atoms with van der Waals surface area (Å²) in [5.41, 5.74) is 4.39. The lowest BCUT2D eigenvalue weighted by Gasteiger charge is -2.23. The average molecular weight is 488 g/mol. The van der Waals surface area contributed by atoms with Crippen molar-refractivity contribution in [2.45, 2.75) is 25.4 Å². The fourth-order valence-corrected chi connectivity index (χ4v) is 4.35. The highest BCUT2D eigenvalue weighted by molar-refractivity contribution is 5.92. The lowest BCUT2D eigenvalue weighted by molar-refractivity contribution is -0.115. The fourth-order valence-electron chi connectivity index (χ4n) is 4.35. The van der Waals surface area contributed by atoms with Crippen molar-refractivity contribution < 1.29 is 23.4 Å². The Bertz CT molecular complexity index is 1440. The molecule has 0 saturated heterocycles. The lowest BCUT2D eigenvalue weighted by Crippen LogP contribution is -2.21. The number of carbonyl (C=O) groups excluding carboxylic acids is 1. The third kappa shape index (κ3) is 4.67. The molecule has 4 aromatic rings. The van der Waals surface area contributed by atoms with Crippen LogP contribution in [0.5, 0.6) is 5.75 Å². The van der Waals surface area contributed by atoms with E-state index in [1.807, 2.05) is 24.3 Å². The van der Waals surface area contributed by atoms with E-state index in [1.54, 1.807) is 31.4 Å². The molecule has 1 aliphatic rings. The number of carbonyl (C=O) groups is 1. The van der Waals surface area contributed by atoms with Gasteiger partial charge in [-0.25, -0.2) is 18.7 Å². The summed E-state index contributed by atoms with van der Waals surface area (Å²) in [6, 6.07) is 18.0. The van der Waals surface area contributed by atoms with Crippen LogP contribution in [0.1, 0.15) is 34.2 Å². The number of halogens is 2. The predicted octanol–water partition coefficient (Wildman–Crippen LogP) is 4.79. The summed E-state index contributed by atoms with van der Waals surface area (Å²) in [7, 11) is 1.61. The molecule has 1 atom stereocenters. The number of benzene rings is 3. The second-order valence-electron chi connectivity index (χ2n) is 8.56. The number of hydrogen-bond acceptors (Lipinski definition) is 5. The van der Waals surface area contributed by atoms with Crippen molar-refractivity contribution in [2.24, 2.45) is 0 Å². The average Bonchev–Trinajstić information content (AvgIpc) is 2.90. The molecule has 3 aromatic carbocycles. The third-order valence-corrected chi connectivity index (χ3v) is 6.17. The first-order chi connectivity index (χ1) is 17.4. The molecule has 0 radical (unpaired) electrons. The Morgan fingerprint density at radius 1 is 1.03 bits per heavy atom. The van der Waals surface area contributed by atoms with Gasteiger partial charge in [0.2, 0.25) is 5.91 Å². The van der Waals surface area contributed by atoms with E-state index in [2.05, 4.69) is 5.32 Å². The van der Waals surface area contributed by atoms with Crippen LogP contribution in [-0.4, -0.2) is 28.1 Å². The molecule has 0 bridgehead atoms. The second kappa shape index (κ2) is 9.83. The van der Waals surface area contributed by atoms with Crippen molar-refractivity contribution in [3.05, 3.63) is 106 Å². The summed E-state index contributed by atoms with van der Waals surface area (Å²) < 4.78 is 32.2. The van der Waals surface area contributed by atoms with E-state index in [1.165, 1.54) is 6.07 Å². The van der Waals surface area contributed by atoms with Gasteiger partial charge < -0.3 is 15.2 Å². The summed E-state index contributed by atoms with van der Waals surface area (Å²) >= 11 is 0. The number of fused-ring (bicyclic) bond motifs is 3. The molecule has 182 valence electrons. The van der Waals surface area contributed by atoms with E-state index in [0.717, 1.165) is 35.4 Å². The van der Waals surface area contributed by atoms with Crippen LogP contribution in [-0.2, 0) is 24.1 Å². The number of aliphatic hydroxyl groups excluding tert-OH is 1. The topological polar surface area (TPSA) is 84.3 Å². The van der Waals surface area contributed by atoms with Crippen LogP contribution >= 0.6 is 0 Å². The summed E-state index contributed by atoms with van der Waals surface area (Å²) in [5, 5.41) is 13.9. The largest absolute Gasteiger partial charge is 0.497 e. The van der Waals surface area contributed by atoms with Gasteiger partial charge in [-0.1, -0.05) is 36.4 Å². The van der Waals surface area contributed by atoms with Gasteiger partial charge in [0.1, 0.15) is 17.5 Å². The Balaban J connectivity index is 1.53. The van der Waals surface area contributed by atoms with Crippen molar-refractivity contribution in [1.29, 1.82) is 0 Å². The number of aromatic nitrogens is 2. The van der Waals surface area contributed by atoms with Crippen molar-refractivity contribution in [3.8, 4) is 17.0 Å². The molecule has 1 heterocycles. The van der Waals surface area contributed by atoms with Gasteiger partial charge in [0.25, 0.3) is 0 Å². The van der Waals surface area contributed by atoms with Crippen LogP contribution in [0.3, 0.4) is 0 Å². The van der Waals surface area contributed by atoms with Gasteiger partial charge in [-0.2, -0.15) is 0 Å². The van der Waals surface area contributed by atoms with Gasteiger partial charge >= 0.3 is 0 Å². The maximum absolute atomic E-state index is 13.6. The van der Waals surface area contributed by atoms with E-state index in [9.17, 15) is 18.7 Å². The molecule has 1 unspecified atom stereocenters. The Hall–Kier alpha value is -4.17. The molecule has 6 nitrogen and oxygen atoms in total. The molecule has 0 spiro atoms. The van der Waals surface area contributed by atoms with Gasteiger partial charge in [0.05, 0.1) is 24.9 Å². The van der Waals surface area contributed by atoms with E-state index < -0.39 is 23.6 Å². The lowest BCUT2D eigenvalue weighted by atomic mass is 9.91. The maximum atomic E-state index is 13.6. The predicted molar refractivity (Wildman–Crippen MR) is 131 cm³/mol. The fraction of sp³-hybridized carbons (Fsp3) is 0.179. The van der Waals surface area contributed by atoms with E-state index in [0.29, 0.717) is 28.9 Å². The highest BCUT2D eigenvalue weighted by Gasteiger charge is 2.26. The zero-order valence-corrected chi connectivity index (χ0v) is 19.5. The molecule has 8 heteroatoms. The molecule has 0 fully saturated rings. The normalized spacial score (nSPS) is 12.9. The minimum Gasteiger partial charge on any atom is -0.497 e. The number of hydrogen-bond donors (Lipinski definition) is 2. The standard InChI is InChI=1S/C28H23F2N3O3/c1-36-19-9-10-20-18(15-19)8-12-23-25(20)33-26(27(35)17-5-3-2-4-6-17)28(31-23)32-24(34)14-16-7-11-21(29)22(30)13-16/h2-7,9-11,13,15,27,35H,8,12,14H2,1H3,(H,31,32,34). The number of aliphatic hydroxyl groups is 1. The summed E-state index contributed by atoms with van der Waals surface area (Å²) in [6.45, 7) is 0. The number of aryl methyl sites for hydroxylation is 2. The molecule has 36 heavy (non-hydrogen) atoms. The van der Waals surface area contributed by atoms with Gasteiger partial charge in [-0.15, -0.1) is 0 Å². The molecular formula is C28H23F2N3O3. The molecular weight excluding hydrogens is 464 g/mol. The van der Waals surface area contributed by atoms with Crippen molar-refractivity contribution >= 4 is 11.7 Å². The first-order valence-corrected chi connectivity index (χ1v) is 11.5. The molecule has 5 rings (SSSR count). The van der Waals surface area contributed by atoms with Crippen LogP contribution in [0.2, 0.25) is 0 Å². The first-order valence-electron chi connectivity index (χ1n) is 11.5. The first kappa shape index (κ1) is 23.6. The van der Waals surface area contributed by atoms with Crippen LogP contribution < -0.4 is 10.1 Å². The molecule has 0 saturated carbocycles. The Kier molecular flexibility index (Phi) is 6.43. The maximum Gasteiger partial charge on any atom is 0.229 e. The monoisotopic (exact) mass is 487 g/mol. The molecule has 1 aromatic heterocycles. The minimum atomic E-state index is -1.15. The van der Waals surface area contributed by atoms with Crippen LogP contribution in [0.4, 0.5) is 14.6 Å². The summed E-state index contributed by atoms with van der Waals surface area (Å²) in [4.78, 5) is 22.3. The molecule has 2 N–H and O–H groups in total. The van der Waals surface area contributed by atoms with Crippen LogP contribution in [0, 0.1) is 11.6 Å². The Morgan fingerprint density at radius 2 is 1.83 bits per heavy atom. The number of nitrogens with one attached hydrogen (secondary N) is 1. The highest BCUT2D eigenvalue weighted by Crippen LogP contribution is 2.37. The summed E-state index contributed by atoms with van der Waals surface area (Å²) in [5.74, 6) is -1.61.